The molecule has 0 bridgehead atoms. The molecule has 1 heterocycles. The third-order valence-corrected chi connectivity index (χ3v) is 5.06. The van der Waals surface area contributed by atoms with E-state index in [1.165, 1.54) is 0 Å². The molecule has 0 spiro atoms. The average Bonchev–Trinajstić information content (AvgIpc) is 2.72. The molecule has 2 rings (SSSR count). The summed E-state index contributed by atoms with van der Waals surface area (Å²) in [5.74, 6) is 0.465. The van der Waals surface area contributed by atoms with Gasteiger partial charge in [0.05, 0.1) is 29.2 Å². The second-order valence-corrected chi connectivity index (χ2v) is 8.23. The molecule has 1 aromatic rings. The van der Waals surface area contributed by atoms with Crippen molar-refractivity contribution >= 4 is 11.7 Å². The van der Waals surface area contributed by atoms with Gasteiger partial charge < -0.3 is 15.7 Å². The maximum absolute atomic E-state index is 12.6. The van der Waals surface area contributed by atoms with E-state index in [1.807, 2.05) is 25.5 Å². The van der Waals surface area contributed by atoms with Crippen molar-refractivity contribution in [2.45, 2.75) is 72.9 Å². The fraction of sp³-hybridized carbons (Fsp3) is 0.778. The first-order valence-electron chi connectivity index (χ1n) is 8.85. The molecule has 3 N–H and O–H groups in total. The molecular formula is C18H32N4O2. The van der Waals surface area contributed by atoms with E-state index in [0.717, 1.165) is 42.9 Å². The number of urea groups is 1. The lowest BCUT2D eigenvalue weighted by atomic mass is 9.64. The SMILES string of the molecule is CCn1nc(C)c(NC(=O)NC2(CO)CC(C)CC(C)(C)C2)c1C. The van der Waals surface area contributed by atoms with Crippen LogP contribution in [0.25, 0.3) is 0 Å². The zero-order valence-corrected chi connectivity index (χ0v) is 15.9. The highest BCUT2D eigenvalue weighted by Gasteiger charge is 2.43. The molecule has 1 fully saturated rings. The Hall–Kier alpha value is -1.56. The molecule has 0 aromatic carbocycles. The van der Waals surface area contributed by atoms with Crippen LogP contribution >= 0.6 is 0 Å². The maximum atomic E-state index is 12.6. The molecule has 2 atom stereocenters. The molecule has 0 radical (unpaired) electrons. The van der Waals surface area contributed by atoms with Gasteiger partial charge in [0.1, 0.15) is 0 Å². The minimum atomic E-state index is -0.562. The lowest BCUT2D eigenvalue weighted by Crippen LogP contribution is -2.58. The lowest BCUT2D eigenvalue weighted by molar-refractivity contribution is 0.0446. The summed E-state index contributed by atoms with van der Waals surface area (Å²) in [6.07, 6.45) is 2.69. The number of hydrogen-bond donors (Lipinski definition) is 3. The average molecular weight is 336 g/mol. The monoisotopic (exact) mass is 336 g/mol. The Morgan fingerprint density at radius 1 is 1.38 bits per heavy atom. The van der Waals surface area contributed by atoms with Crippen molar-refractivity contribution in [3.8, 4) is 0 Å². The van der Waals surface area contributed by atoms with E-state index in [4.69, 9.17) is 0 Å². The van der Waals surface area contributed by atoms with E-state index in [1.54, 1.807) is 0 Å². The van der Waals surface area contributed by atoms with Gasteiger partial charge in [0.15, 0.2) is 0 Å². The fourth-order valence-corrected chi connectivity index (χ4v) is 4.57. The number of anilines is 1. The van der Waals surface area contributed by atoms with Crippen molar-refractivity contribution in [2.24, 2.45) is 11.3 Å². The van der Waals surface area contributed by atoms with Crippen LogP contribution in [-0.2, 0) is 6.54 Å². The van der Waals surface area contributed by atoms with Crippen molar-refractivity contribution in [3.05, 3.63) is 11.4 Å². The van der Waals surface area contributed by atoms with Gasteiger partial charge in [0, 0.05) is 6.54 Å². The van der Waals surface area contributed by atoms with E-state index in [9.17, 15) is 9.90 Å². The number of carbonyl (C=O) groups excluding carboxylic acids is 1. The summed E-state index contributed by atoms with van der Waals surface area (Å²) in [7, 11) is 0. The number of aromatic nitrogens is 2. The van der Waals surface area contributed by atoms with E-state index < -0.39 is 5.54 Å². The van der Waals surface area contributed by atoms with Crippen molar-refractivity contribution in [3.63, 3.8) is 0 Å². The molecule has 24 heavy (non-hydrogen) atoms. The Balaban J connectivity index is 2.14. The van der Waals surface area contributed by atoms with Crippen molar-refractivity contribution < 1.29 is 9.90 Å². The first-order valence-corrected chi connectivity index (χ1v) is 8.85. The van der Waals surface area contributed by atoms with Crippen LogP contribution in [0.4, 0.5) is 10.5 Å². The molecular weight excluding hydrogens is 304 g/mol. The second kappa shape index (κ2) is 6.75. The lowest BCUT2D eigenvalue weighted by Gasteiger charge is -2.47. The van der Waals surface area contributed by atoms with Crippen molar-refractivity contribution in [2.75, 3.05) is 11.9 Å². The minimum Gasteiger partial charge on any atom is -0.394 e. The molecule has 2 amide bonds. The van der Waals surface area contributed by atoms with Gasteiger partial charge in [-0.15, -0.1) is 0 Å². The van der Waals surface area contributed by atoms with Crippen LogP contribution in [0.2, 0.25) is 0 Å². The topological polar surface area (TPSA) is 79.2 Å². The molecule has 0 saturated heterocycles. The van der Waals surface area contributed by atoms with Crippen LogP contribution in [0, 0.1) is 25.2 Å². The number of aliphatic hydroxyl groups excluding tert-OH is 1. The predicted octanol–water partition coefficient (Wildman–Crippen LogP) is 3.22. The van der Waals surface area contributed by atoms with Crippen molar-refractivity contribution in [1.29, 1.82) is 0 Å². The summed E-state index contributed by atoms with van der Waals surface area (Å²) >= 11 is 0. The molecule has 1 aliphatic carbocycles. The molecule has 1 saturated carbocycles. The van der Waals surface area contributed by atoms with Crippen LogP contribution in [0.1, 0.15) is 58.3 Å². The number of nitrogens with one attached hydrogen (secondary N) is 2. The third-order valence-electron chi connectivity index (χ3n) is 5.06. The number of aryl methyl sites for hydroxylation is 2. The number of aliphatic hydroxyl groups is 1. The summed E-state index contributed by atoms with van der Waals surface area (Å²) in [4.78, 5) is 12.6. The summed E-state index contributed by atoms with van der Waals surface area (Å²) in [5, 5.41) is 20.4. The minimum absolute atomic E-state index is 0.0413. The molecule has 136 valence electrons. The Labute approximate surface area is 145 Å². The Morgan fingerprint density at radius 3 is 2.54 bits per heavy atom. The van der Waals surface area contributed by atoms with Crippen LogP contribution in [-0.4, -0.2) is 33.1 Å². The van der Waals surface area contributed by atoms with E-state index >= 15 is 0 Å². The summed E-state index contributed by atoms with van der Waals surface area (Å²) < 4.78 is 1.87. The molecule has 1 aliphatic rings. The standard InChI is InChI=1S/C18H32N4O2/c1-7-22-14(4)15(13(3)21-22)19-16(24)20-18(11-23)9-12(2)8-17(5,6)10-18/h12,23H,7-11H2,1-6H3,(H2,19,20,24). The summed E-state index contributed by atoms with van der Waals surface area (Å²) in [6.45, 7) is 13.2. The first kappa shape index (κ1) is 18.8. The zero-order chi connectivity index (χ0) is 18.1. The zero-order valence-electron chi connectivity index (χ0n) is 15.9. The Kier molecular flexibility index (Phi) is 5.28. The van der Waals surface area contributed by atoms with E-state index in [0.29, 0.717) is 5.92 Å². The largest absolute Gasteiger partial charge is 0.394 e. The van der Waals surface area contributed by atoms with Gasteiger partial charge >= 0.3 is 6.03 Å². The van der Waals surface area contributed by atoms with E-state index in [-0.39, 0.29) is 18.1 Å². The highest BCUT2D eigenvalue weighted by molar-refractivity contribution is 5.91. The first-order chi connectivity index (χ1) is 11.1. The van der Waals surface area contributed by atoms with Gasteiger partial charge in [0.25, 0.3) is 0 Å². The third kappa shape index (κ3) is 3.91. The van der Waals surface area contributed by atoms with Gasteiger partial charge in [-0.2, -0.15) is 5.10 Å². The number of amides is 2. The predicted molar refractivity (Wildman–Crippen MR) is 96.1 cm³/mol. The van der Waals surface area contributed by atoms with E-state index in [2.05, 4.69) is 36.5 Å². The second-order valence-electron chi connectivity index (χ2n) is 8.23. The molecule has 2 unspecified atom stereocenters. The number of carbonyl (C=O) groups is 1. The summed E-state index contributed by atoms with van der Waals surface area (Å²) in [6, 6.07) is -0.268. The van der Waals surface area contributed by atoms with Gasteiger partial charge in [-0.3, -0.25) is 4.68 Å². The molecule has 6 nitrogen and oxygen atoms in total. The summed E-state index contributed by atoms with van der Waals surface area (Å²) in [5.41, 5.74) is 2.05. The van der Waals surface area contributed by atoms with Crippen LogP contribution in [0.15, 0.2) is 0 Å². The Bertz CT molecular complexity index is 608. The van der Waals surface area contributed by atoms with Crippen LogP contribution in [0.5, 0.6) is 0 Å². The number of hydrogen-bond acceptors (Lipinski definition) is 3. The number of nitrogens with zero attached hydrogens (tertiary/aromatic N) is 2. The Morgan fingerprint density at radius 2 is 2.04 bits per heavy atom. The molecule has 1 aromatic heterocycles. The molecule has 0 aliphatic heterocycles. The van der Waals surface area contributed by atoms with Gasteiger partial charge in [-0.05, 0) is 51.4 Å². The van der Waals surface area contributed by atoms with Gasteiger partial charge in [-0.1, -0.05) is 20.8 Å². The fourth-order valence-electron chi connectivity index (χ4n) is 4.57. The van der Waals surface area contributed by atoms with Crippen LogP contribution in [0.3, 0.4) is 0 Å². The normalized spacial score (nSPS) is 26.2. The van der Waals surface area contributed by atoms with Crippen LogP contribution < -0.4 is 10.6 Å². The van der Waals surface area contributed by atoms with Gasteiger partial charge in [0.2, 0.25) is 0 Å². The quantitative estimate of drug-likeness (QED) is 0.790. The highest BCUT2D eigenvalue weighted by atomic mass is 16.3. The maximum Gasteiger partial charge on any atom is 0.319 e. The van der Waals surface area contributed by atoms with Gasteiger partial charge in [-0.25, -0.2) is 4.79 Å². The molecule has 6 heteroatoms. The van der Waals surface area contributed by atoms with Crippen molar-refractivity contribution in [1.82, 2.24) is 15.1 Å². The highest BCUT2D eigenvalue weighted by Crippen LogP contribution is 2.43. The number of rotatable bonds is 4. The smallest absolute Gasteiger partial charge is 0.319 e.